The summed E-state index contributed by atoms with van der Waals surface area (Å²) in [5.41, 5.74) is 3.09. The zero-order valence-corrected chi connectivity index (χ0v) is 16.4. The molecule has 0 radical (unpaired) electrons. The molecule has 1 fully saturated rings. The summed E-state index contributed by atoms with van der Waals surface area (Å²) in [7, 11) is 0. The number of rotatable bonds is 4. The number of anilines is 1. The minimum atomic E-state index is -0.359. The van der Waals surface area contributed by atoms with Gasteiger partial charge in [0.2, 0.25) is 5.91 Å². The smallest absolute Gasteiger partial charge is 0.254 e. The van der Waals surface area contributed by atoms with Crippen molar-refractivity contribution in [2.75, 3.05) is 11.9 Å². The largest absolute Gasteiger partial charge is 0.461 e. The van der Waals surface area contributed by atoms with Gasteiger partial charge in [-0.05, 0) is 55.3 Å². The number of nitrogens with zero attached hydrogens (tertiary/aromatic N) is 1. The van der Waals surface area contributed by atoms with Crippen molar-refractivity contribution in [1.82, 2.24) is 4.90 Å². The van der Waals surface area contributed by atoms with Gasteiger partial charge in [-0.2, -0.15) is 0 Å². The molecule has 5 rings (SSSR count). The third-order valence-electron chi connectivity index (χ3n) is 5.61. The molecule has 1 aliphatic carbocycles. The molecule has 1 saturated carbocycles. The summed E-state index contributed by atoms with van der Waals surface area (Å²) in [6, 6.07) is 15.2. The molecule has 152 valence electrons. The Hall–Kier alpha value is -3.41. The number of amides is 2. The van der Waals surface area contributed by atoms with Crippen molar-refractivity contribution in [2.45, 2.75) is 25.8 Å². The highest BCUT2D eigenvalue weighted by Crippen LogP contribution is 2.33. The highest BCUT2D eigenvalue weighted by atomic mass is 19.1. The summed E-state index contributed by atoms with van der Waals surface area (Å²) in [5, 5.41) is 2.96. The fourth-order valence-electron chi connectivity index (χ4n) is 3.76. The van der Waals surface area contributed by atoms with Crippen molar-refractivity contribution in [2.24, 2.45) is 5.92 Å². The average molecular weight is 404 g/mol. The van der Waals surface area contributed by atoms with Gasteiger partial charge < -0.3 is 14.6 Å². The second-order valence-electron chi connectivity index (χ2n) is 7.89. The van der Waals surface area contributed by atoms with Crippen LogP contribution in [0.5, 0.6) is 0 Å². The molecule has 1 N–H and O–H groups in total. The first kappa shape index (κ1) is 18.6. The third-order valence-corrected chi connectivity index (χ3v) is 5.61. The van der Waals surface area contributed by atoms with E-state index >= 15 is 0 Å². The number of nitrogens with one attached hydrogen (secondary N) is 1. The lowest BCUT2D eigenvalue weighted by Gasteiger charge is -2.26. The molecule has 1 aromatic heterocycles. The minimum Gasteiger partial charge on any atom is -0.461 e. The number of halogens is 1. The van der Waals surface area contributed by atoms with Crippen LogP contribution in [-0.4, -0.2) is 23.3 Å². The van der Waals surface area contributed by atoms with Crippen molar-refractivity contribution < 1.29 is 18.4 Å². The summed E-state index contributed by atoms with van der Waals surface area (Å²) >= 11 is 0. The van der Waals surface area contributed by atoms with Crippen molar-refractivity contribution >= 4 is 17.5 Å². The monoisotopic (exact) mass is 404 g/mol. The van der Waals surface area contributed by atoms with E-state index in [0.717, 1.165) is 41.2 Å². The average Bonchev–Trinajstić information content (AvgIpc) is 3.52. The second-order valence-corrected chi connectivity index (χ2v) is 7.89. The molecule has 0 spiro atoms. The van der Waals surface area contributed by atoms with Gasteiger partial charge in [0.05, 0.1) is 0 Å². The maximum atomic E-state index is 13.1. The van der Waals surface area contributed by atoms with Gasteiger partial charge in [-0.25, -0.2) is 4.39 Å². The van der Waals surface area contributed by atoms with E-state index in [-0.39, 0.29) is 23.5 Å². The van der Waals surface area contributed by atoms with Crippen LogP contribution in [0.25, 0.3) is 11.3 Å². The molecule has 2 aliphatic rings. The van der Waals surface area contributed by atoms with E-state index in [9.17, 15) is 14.0 Å². The summed E-state index contributed by atoms with van der Waals surface area (Å²) in [4.78, 5) is 26.5. The van der Waals surface area contributed by atoms with E-state index in [4.69, 9.17) is 4.42 Å². The van der Waals surface area contributed by atoms with Crippen LogP contribution in [0.4, 0.5) is 10.1 Å². The Morgan fingerprint density at radius 3 is 2.63 bits per heavy atom. The van der Waals surface area contributed by atoms with Crippen LogP contribution in [0.15, 0.2) is 59.0 Å². The molecule has 5 nitrogen and oxygen atoms in total. The van der Waals surface area contributed by atoms with Crippen molar-refractivity contribution in [3.63, 3.8) is 0 Å². The van der Waals surface area contributed by atoms with E-state index < -0.39 is 0 Å². The Morgan fingerprint density at radius 2 is 1.87 bits per heavy atom. The Balaban J connectivity index is 1.33. The maximum absolute atomic E-state index is 13.1. The fraction of sp³-hybridized carbons (Fsp3) is 0.250. The van der Waals surface area contributed by atoms with Gasteiger partial charge in [-0.1, -0.05) is 12.1 Å². The Morgan fingerprint density at radius 1 is 1.07 bits per heavy atom. The molecule has 30 heavy (non-hydrogen) atoms. The predicted molar refractivity (Wildman–Crippen MR) is 110 cm³/mol. The summed E-state index contributed by atoms with van der Waals surface area (Å²) in [5.74, 6) is 1.34. The summed E-state index contributed by atoms with van der Waals surface area (Å²) in [6.07, 6.45) is 2.55. The molecule has 0 bridgehead atoms. The SMILES string of the molecule is O=C(Nc1cccc(-c2cc3c(o2)CCN(C(=O)c2ccc(F)cc2)C3)c1)C1CC1. The van der Waals surface area contributed by atoms with E-state index in [1.165, 1.54) is 24.3 Å². The molecule has 2 aromatic carbocycles. The standard InChI is InChI=1S/C24H21FN2O3/c25-19-8-6-16(7-9-19)24(29)27-11-10-21-18(14-27)13-22(30-21)17-2-1-3-20(12-17)26-23(28)15-4-5-15/h1-3,6-9,12-13,15H,4-5,10-11,14H2,(H,26,28). The minimum absolute atomic E-state index is 0.0702. The second kappa shape index (κ2) is 7.44. The number of hydrogen-bond acceptors (Lipinski definition) is 3. The zero-order valence-electron chi connectivity index (χ0n) is 16.4. The highest BCUT2D eigenvalue weighted by Gasteiger charge is 2.29. The van der Waals surface area contributed by atoms with Gasteiger partial charge in [0.25, 0.3) is 5.91 Å². The van der Waals surface area contributed by atoms with E-state index in [1.54, 1.807) is 4.90 Å². The maximum Gasteiger partial charge on any atom is 0.254 e. The molecule has 3 aromatic rings. The topological polar surface area (TPSA) is 62.6 Å². The van der Waals surface area contributed by atoms with E-state index in [2.05, 4.69) is 5.32 Å². The van der Waals surface area contributed by atoms with Gasteiger partial charge in [0.15, 0.2) is 0 Å². The number of carbonyl (C=O) groups excluding carboxylic acids is 2. The molecule has 0 atom stereocenters. The van der Waals surface area contributed by atoms with Crippen LogP contribution in [0.3, 0.4) is 0 Å². The van der Waals surface area contributed by atoms with Crippen LogP contribution in [0.1, 0.15) is 34.5 Å². The number of benzene rings is 2. The van der Waals surface area contributed by atoms with E-state index in [0.29, 0.717) is 25.1 Å². The van der Waals surface area contributed by atoms with Gasteiger partial charge in [-0.15, -0.1) is 0 Å². The van der Waals surface area contributed by atoms with Crippen LogP contribution in [-0.2, 0) is 17.8 Å². The molecular weight excluding hydrogens is 383 g/mol. The number of fused-ring (bicyclic) bond motifs is 1. The van der Waals surface area contributed by atoms with Gasteiger partial charge in [0.1, 0.15) is 17.3 Å². The van der Waals surface area contributed by atoms with Crippen LogP contribution in [0.2, 0.25) is 0 Å². The Labute approximate surface area is 173 Å². The summed E-state index contributed by atoms with van der Waals surface area (Å²) < 4.78 is 19.2. The number of hydrogen-bond donors (Lipinski definition) is 1. The molecule has 2 amide bonds. The Kier molecular flexibility index (Phi) is 4.62. The zero-order chi connectivity index (χ0) is 20.7. The molecular formula is C24H21FN2O3. The predicted octanol–water partition coefficient (Wildman–Crippen LogP) is 4.63. The van der Waals surface area contributed by atoms with Gasteiger partial charge in [-0.3, -0.25) is 9.59 Å². The van der Waals surface area contributed by atoms with Crippen molar-refractivity contribution in [3.8, 4) is 11.3 Å². The lowest BCUT2D eigenvalue weighted by Crippen LogP contribution is -2.35. The lowest BCUT2D eigenvalue weighted by molar-refractivity contribution is -0.117. The normalized spacial score (nSPS) is 15.6. The molecule has 2 heterocycles. The first-order chi connectivity index (χ1) is 14.6. The van der Waals surface area contributed by atoms with Gasteiger partial charge >= 0.3 is 0 Å². The molecule has 1 aliphatic heterocycles. The molecule has 0 unspecified atom stereocenters. The molecule has 0 saturated heterocycles. The number of furan rings is 1. The van der Waals surface area contributed by atoms with E-state index in [1.807, 2.05) is 30.3 Å². The Bertz CT molecular complexity index is 1120. The van der Waals surface area contributed by atoms with Gasteiger partial charge in [0, 0.05) is 47.8 Å². The first-order valence-electron chi connectivity index (χ1n) is 10.1. The van der Waals surface area contributed by atoms with Crippen LogP contribution < -0.4 is 5.32 Å². The first-order valence-corrected chi connectivity index (χ1v) is 10.1. The van der Waals surface area contributed by atoms with Crippen LogP contribution >= 0.6 is 0 Å². The quantitative estimate of drug-likeness (QED) is 0.690. The summed E-state index contributed by atoms with van der Waals surface area (Å²) in [6.45, 7) is 1.00. The lowest BCUT2D eigenvalue weighted by atomic mass is 10.1. The number of carbonyl (C=O) groups is 2. The fourth-order valence-corrected chi connectivity index (χ4v) is 3.76. The van der Waals surface area contributed by atoms with Crippen molar-refractivity contribution in [3.05, 3.63) is 77.3 Å². The molecule has 6 heteroatoms. The highest BCUT2D eigenvalue weighted by molar-refractivity contribution is 5.95. The third kappa shape index (κ3) is 3.73. The van der Waals surface area contributed by atoms with Crippen molar-refractivity contribution in [1.29, 1.82) is 0 Å². The van der Waals surface area contributed by atoms with Crippen LogP contribution in [0, 0.1) is 11.7 Å².